The highest BCUT2D eigenvalue weighted by Gasteiger charge is 2.33. The molecule has 0 saturated heterocycles. The molecule has 26 heavy (non-hydrogen) atoms. The molecule has 0 radical (unpaired) electrons. The molecule has 0 saturated carbocycles. The summed E-state index contributed by atoms with van der Waals surface area (Å²) in [6, 6.07) is 3.15. The Kier molecular flexibility index (Phi) is 5.91. The standard InChI is InChI=1S/C16H14ClF3N2O4/c1-8-12(14(23)24-2)21-15(25-3)22-13(8)26-7-9-4-5-10(11(17)6-9)16(18,19)20/h4-6H,7H2,1-3H3. The molecule has 0 atom stereocenters. The zero-order chi connectivity index (χ0) is 19.5. The topological polar surface area (TPSA) is 70.5 Å². The summed E-state index contributed by atoms with van der Waals surface area (Å²) in [4.78, 5) is 19.6. The van der Waals surface area contributed by atoms with Crippen LogP contribution in [0.5, 0.6) is 11.9 Å². The van der Waals surface area contributed by atoms with Crippen LogP contribution in [0.15, 0.2) is 18.2 Å². The van der Waals surface area contributed by atoms with Crippen molar-refractivity contribution in [2.24, 2.45) is 0 Å². The summed E-state index contributed by atoms with van der Waals surface area (Å²) < 4.78 is 53.2. The molecule has 0 bridgehead atoms. The fourth-order valence-electron chi connectivity index (χ4n) is 2.03. The summed E-state index contributed by atoms with van der Waals surface area (Å²) in [6.45, 7) is 1.42. The minimum Gasteiger partial charge on any atom is -0.472 e. The Morgan fingerprint density at radius 3 is 2.46 bits per heavy atom. The Bertz CT molecular complexity index is 828. The van der Waals surface area contributed by atoms with Crippen LogP contribution < -0.4 is 9.47 Å². The second-order valence-corrected chi connectivity index (χ2v) is 5.49. The highest BCUT2D eigenvalue weighted by Crippen LogP contribution is 2.35. The summed E-state index contributed by atoms with van der Waals surface area (Å²) in [6.07, 6.45) is -4.54. The number of methoxy groups -OCH3 is 2. The number of rotatable bonds is 5. The van der Waals surface area contributed by atoms with Gasteiger partial charge in [0.25, 0.3) is 0 Å². The Hall–Kier alpha value is -2.55. The predicted molar refractivity (Wildman–Crippen MR) is 85.4 cm³/mol. The molecule has 2 aromatic rings. The molecule has 140 valence electrons. The van der Waals surface area contributed by atoms with E-state index < -0.39 is 22.7 Å². The van der Waals surface area contributed by atoms with Crippen LogP contribution in [0, 0.1) is 6.92 Å². The molecule has 0 amide bonds. The van der Waals surface area contributed by atoms with Gasteiger partial charge in [0.2, 0.25) is 5.88 Å². The number of halogens is 4. The third kappa shape index (κ3) is 4.34. The van der Waals surface area contributed by atoms with Crippen LogP contribution in [0.4, 0.5) is 13.2 Å². The molecule has 0 aliphatic heterocycles. The summed E-state index contributed by atoms with van der Waals surface area (Å²) in [5, 5.41) is -0.439. The number of alkyl halides is 3. The van der Waals surface area contributed by atoms with Crippen molar-refractivity contribution in [3.63, 3.8) is 0 Å². The van der Waals surface area contributed by atoms with E-state index in [1.807, 2.05) is 0 Å². The van der Waals surface area contributed by atoms with Crippen molar-refractivity contribution < 1.29 is 32.2 Å². The van der Waals surface area contributed by atoms with Crippen molar-refractivity contribution >= 4 is 17.6 Å². The predicted octanol–water partition coefficient (Wildman–Crippen LogP) is 3.83. The molecule has 1 heterocycles. The highest BCUT2D eigenvalue weighted by molar-refractivity contribution is 6.31. The third-order valence-electron chi connectivity index (χ3n) is 3.36. The van der Waals surface area contributed by atoms with Crippen LogP contribution in [-0.4, -0.2) is 30.2 Å². The Morgan fingerprint density at radius 2 is 1.92 bits per heavy atom. The van der Waals surface area contributed by atoms with Gasteiger partial charge in [-0.3, -0.25) is 0 Å². The van der Waals surface area contributed by atoms with Crippen molar-refractivity contribution in [1.29, 1.82) is 0 Å². The van der Waals surface area contributed by atoms with E-state index in [9.17, 15) is 18.0 Å². The van der Waals surface area contributed by atoms with Gasteiger partial charge < -0.3 is 14.2 Å². The van der Waals surface area contributed by atoms with E-state index in [0.29, 0.717) is 11.1 Å². The van der Waals surface area contributed by atoms with Crippen LogP contribution in [0.2, 0.25) is 5.02 Å². The van der Waals surface area contributed by atoms with Crippen molar-refractivity contribution in [2.75, 3.05) is 14.2 Å². The molecule has 10 heteroatoms. The quantitative estimate of drug-likeness (QED) is 0.723. The summed E-state index contributed by atoms with van der Waals surface area (Å²) in [5.74, 6) is -0.668. The molecule has 0 N–H and O–H groups in total. The summed E-state index contributed by atoms with van der Waals surface area (Å²) in [5.41, 5.74) is -0.286. The van der Waals surface area contributed by atoms with Gasteiger partial charge in [-0.05, 0) is 24.6 Å². The minimum atomic E-state index is -4.54. The number of hydrogen-bond acceptors (Lipinski definition) is 6. The van der Waals surface area contributed by atoms with Crippen molar-refractivity contribution in [2.45, 2.75) is 19.7 Å². The van der Waals surface area contributed by atoms with Gasteiger partial charge in [-0.1, -0.05) is 17.7 Å². The van der Waals surface area contributed by atoms with Gasteiger partial charge in [-0.25, -0.2) is 4.79 Å². The molecule has 6 nitrogen and oxygen atoms in total. The fourth-order valence-corrected chi connectivity index (χ4v) is 2.34. The lowest BCUT2D eigenvalue weighted by Gasteiger charge is -2.13. The Morgan fingerprint density at radius 1 is 1.23 bits per heavy atom. The van der Waals surface area contributed by atoms with Crippen LogP contribution >= 0.6 is 11.6 Å². The molecule has 1 aromatic carbocycles. The molecule has 0 fully saturated rings. The number of esters is 1. The maximum Gasteiger partial charge on any atom is 0.417 e. The zero-order valence-electron chi connectivity index (χ0n) is 14.0. The number of hydrogen-bond donors (Lipinski definition) is 0. The van der Waals surface area contributed by atoms with E-state index in [0.717, 1.165) is 12.1 Å². The van der Waals surface area contributed by atoms with Gasteiger partial charge in [-0.15, -0.1) is 0 Å². The molecular weight excluding hydrogens is 377 g/mol. The van der Waals surface area contributed by atoms with Gasteiger partial charge in [0.05, 0.1) is 24.8 Å². The van der Waals surface area contributed by atoms with Gasteiger partial charge in [0.1, 0.15) is 6.61 Å². The first-order valence-corrected chi connectivity index (χ1v) is 7.54. The molecule has 2 rings (SSSR count). The summed E-state index contributed by atoms with van der Waals surface area (Å²) >= 11 is 5.68. The molecule has 0 unspecified atom stereocenters. The van der Waals surface area contributed by atoms with E-state index in [2.05, 4.69) is 14.7 Å². The molecular formula is C16H14ClF3N2O4. The van der Waals surface area contributed by atoms with Crippen LogP contribution in [0.25, 0.3) is 0 Å². The first-order chi connectivity index (χ1) is 12.2. The monoisotopic (exact) mass is 390 g/mol. The van der Waals surface area contributed by atoms with E-state index in [1.165, 1.54) is 20.3 Å². The first kappa shape index (κ1) is 19.8. The fraction of sp³-hybridized carbons (Fsp3) is 0.312. The van der Waals surface area contributed by atoms with Gasteiger partial charge >= 0.3 is 18.2 Å². The first-order valence-electron chi connectivity index (χ1n) is 7.16. The second kappa shape index (κ2) is 7.77. The number of carbonyl (C=O) groups is 1. The maximum absolute atomic E-state index is 12.7. The minimum absolute atomic E-state index is 0.0354. The molecule has 0 aliphatic rings. The third-order valence-corrected chi connectivity index (χ3v) is 3.67. The van der Waals surface area contributed by atoms with E-state index >= 15 is 0 Å². The largest absolute Gasteiger partial charge is 0.472 e. The zero-order valence-corrected chi connectivity index (χ0v) is 14.7. The van der Waals surface area contributed by atoms with E-state index in [-0.39, 0.29) is 24.2 Å². The Balaban J connectivity index is 2.27. The van der Waals surface area contributed by atoms with E-state index in [4.69, 9.17) is 21.1 Å². The van der Waals surface area contributed by atoms with Gasteiger partial charge in [-0.2, -0.15) is 23.1 Å². The number of ether oxygens (including phenoxy) is 3. The van der Waals surface area contributed by atoms with Crippen molar-refractivity contribution in [3.05, 3.63) is 45.6 Å². The van der Waals surface area contributed by atoms with Crippen molar-refractivity contribution in [3.8, 4) is 11.9 Å². The average molecular weight is 391 g/mol. The Labute approximate surface area is 151 Å². The van der Waals surface area contributed by atoms with Crippen molar-refractivity contribution in [1.82, 2.24) is 9.97 Å². The lowest BCUT2D eigenvalue weighted by Crippen LogP contribution is -2.12. The smallest absolute Gasteiger partial charge is 0.417 e. The van der Waals surface area contributed by atoms with E-state index in [1.54, 1.807) is 6.92 Å². The second-order valence-electron chi connectivity index (χ2n) is 5.08. The van der Waals surface area contributed by atoms with Gasteiger partial charge in [0.15, 0.2) is 5.69 Å². The number of benzene rings is 1. The lowest BCUT2D eigenvalue weighted by atomic mass is 10.1. The number of nitrogens with zero attached hydrogens (tertiary/aromatic N) is 2. The molecule has 0 aliphatic carbocycles. The number of aromatic nitrogens is 2. The highest BCUT2D eigenvalue weighted by atomic mass is 35.5. The molecule has 1 aromatic heterocycles. The molecule has 0 spiro atoms. The SMILES string of the molecule is COC(=O)c1nc(OC)nc(OCc2ccc(C(F)(F)F)c(Cl)c2)c1C. The average Bonchev–Trinajstić information content (AvgIpc) is 2.59. The lowest BCUT2D eigenvalue weighted by molar-refractivity contribution is -0.137. The van der Waals surface area contributed by atoms with Gasteiger partial charge in [0, 0.05) is 5.56 Å². The van der Waals surface area contributed by atoms with Crippen LogP contribution in [0.1, 0.15) is 27.2 Å². The van der Waals surface area contributed by atoms with Crippen LogP contribution in [0.3, 0.4) is 0 Å². The van der Waals surface area contributed by atoms with Crippen LogP contribution in [-0.2, 0) is 17.5 Å². The normalized spacial score (nSPS) is 11.2. The maximum atomic E-state index is 12.7. The number of carbonyl (C=O) groups excluding carboxylic acids is 1. The summed E-state index contributed by atoms with van der Waals surface area (Å²) in [7, 11) is 2.51.